The smallest absolute Gasteiger partial charge is 0.298 e. The summed E-state index contributed by atoms with van der Waals surface area (Å²) in [5.74, 6) is 0. The Morgan fingerprint density at radius 3 is 1.48 bits per heavy atom. The number of hydrogen-bond acceptors (Lipinski definition) is 14. The SMILES string of the molecule is O=S(=O)(O)c1cc2c(c(S(=O)(=O)O)c1)Nc1c(c(S(=O)(=O)O)c3nc4ccc(S(=O)(=O)O)cc4nc3c1S(=O)(=O)O)N2. The summed E-state index contributed by atoms with van der Waals surface area (Å²) in [6, 6.07) is 3.31. The van der Waals surface area contributed by atoms with Crippen molar-refractivity contribution >= 4 is 95.4 Å². The van der Waals surface area contributed by atoms with Gasteiger partial charge < -0.3 is 10.6 Å². The minimum Gasteiger partial charge on any atom is -0.351 e. The van der Waals surface area contributed by atoms with Gasteiger partial charge in [0.15, 0.2) is 0 Å². The zero-order valence-corrected chi connectivity index (χ0v) is 23.7. The maximum atomic E-state index is 12.6. The minimum atomic E-state index is -5.52. The lowest BCUT2D eigenvalue weighted by Gasteiger charge is -2.28. The van der Waals surface area contributed by atoms with E-state index in [1.165, 1.54) is 0 Å². The quantitative estimate of drug-likeness (QED) is 0.0994. The number of fused-ring (bicyclic) bond motifs is 4. The van der Waals surface area contributed by atoms with Crippen LogP contribution in [-0.4, -0.2) is 74.8 Å². The highest BCUT2D eigenvalue weighted by Gasteiger charge is 2.38. The maximum Gasteiger partial charge on any atom is 0.298 e. The number of anilines is 4. The molecular weight excluding hydrogens is 673 g/mol. The molecule has 42 heavy (non-hydrogen) atoms. The van der Waals surface area contributed by atoms with Crippen molar-refractivity contribution in [1.29, 1.82) is 0 Å². The highest BCUT2D eigenvalue weighted by Crippen LogP contribution is 2.50. The van der Waals surface area contributed by atoms with Gasteiger partial charge in [0.25, 0.3) is 50.6 Å². The second kappa shape index (κ2) is 8.96. The van der Waals surface area contributed by atoms with E-state index >= 15 is 0 Å². The fraction of sp³-hybridized carbons (Fsp3) is 0. The first-order valence-corrected chi connectivity index (χ1v) is 17.6. The molecule has 0 saturated heterocycles. The first-order chi connectivity index (χ1) is 19.0. The van der Waals surface area contributed by atoms with Crippen molar-refractivity contribution in [3.05, 3.63) is 30.3 Å². The van der Waals surface area contributed by atoms with E-state index in [0.29, 0.717) is 12.1 Å². The number of benzene rings is 3. The average Bonchev–Trinajstić information content (AvgIpc) is 2.80. The standard InChI is InChI=1S/C18H12N4O15S5/c23-38(24,25)6-1-2-8-9(3-6)20-14-13(19-8)17(41(32,33)34)15-16(18(14)42(35,36)37)22-12-10(21-15)4-7(39(26,27)28)5-11(12)40(29,30)31/h1-5,21-22H,(H,23,24,25)(H,26,27,28)(H,29,30,31)(H,32,33,34)(H,35,36,37). The van der Waals surface area contributed by atoms with E-state index in [1.807, 2.05) is 0 Å². The van der Waals surface area contributed by atoms with Crippen molar-refractivity contribution in [2.75, 3.05) is 10.6 Å². The second-order valence-corrected chi connectivity index (χ2v) is 15.4. The third kappa shape index (κ3) is 5.02. The van der Waals surface area contributed by atoms with Gasteiger partial charge >= 0.3 is 0 Å². The number of hydrogen-bond donors (Lipinski definition) is 7. The van der Waals surface area contributed by atoms with Crippen LogP contribution in [0.4, 0.5) is 22.7 Å². The highest BCUT2D eigenvalue weighted by molar-refractivity contribution is 7.87. The van der Waals surface area contributed by atoms with E-state index in [0.717, 1.165) is 12.1 Å². The third-order valence-corrected chi connectivity index (χ3v) is 10.1. The van der Waals surface area contributed by atoms with Crippen molar-refractivity contribution in [2.45, 2.75) is 24.5 Å². The molecule has 2 heterocycles. The Morgan fingerprint density at radius 2 is 1.00 bits per heavy atom. The van der Waals surface area contributed by atoms with Crippen molar-refractivity contribution < 1.29 is 64.9 Å². The van der Waals surface area contributed by atoms with E-state index < -0.39 is 114 Å². The predicted molar refractivity (Wildman–Crippen MR) is 139 cm³/mol. The molecule has 24 heteroatoms. The van der Waals surface area contributed by atoms with Crippen LogP contribution in [0, 0.1) is 0 Å². The number of aromatic nitrogens is 2. The molecule has 0 radical (unpaired) electrons. The lowest BCUT2D eigenvalue weighted by molar-refractivity contribution is 0.478. The summed E-state index contributed by atoms with van der Waals surface area (Å²) < 4.78 is 170. The Hall–Kier alpha value is -3.59. The molecule has 3 aromatic carbocycles. The van der Waals surface area contributed by atoms with Crippen LogP contribution in [0.3, 0.4) is 0 Å². The minimum absolute atomic E-state index is 0.269. The van der Waals surface area contributed by atoms with Gasteiger partial charge in [0, 0.05) is 0 Å². The molecule has 0 saturated carbocycles. The molecule has 5 rings (SSSR count). The molecule has 0 atom stereocenters. The normalized spacial score (nSPS) is 14.2. The Balaban J connectivity index is 2.01. The Labute approximate surface area is 235 Å². The monoisotopic (exact) mass is 684 g/mol. The summed E-state index contributed by atoms with van der Waals surface area (Å²) in [4.78, 5) is 2.11. The van der Waals surface area contributed by atoms with Crippen LogP contribution in [0.1, 0.15) is 0 Å². The van der Waals surface area contributed by atoms with Crippen molar-refractivity contribution in [3.8, 4) is 0 Å². The van der Waals surface area contributed by atoms with Crippen LogP contribution in [0.15, 0.2) is 54.8 Å². The third-order valence-electron chi connectivity index (χ3n) is 5.74. The van der Waals surface area contributed by atoms with E-state index in [2.05, 4.69) is 20.6 Å². The maximum absolute atomic E-state index is 12.6. The fourth-order valence-corrected chi connectivity index (χ4v) is 7.54. The van der Waals surface area contributed by atoms with Gasteiger partial charge in [0.1, 0.15) is 25.7 Å². The van der Waals surface area contributed by atoms with Crippen molar-refractivity contribution in [3.63, 3.8) is 0 Å². The summed E-state index contributed by atoms with van der Waals surface area (Å²) in [5, 5.41) is 4.38. The molecule has 19 nitrogen and oxygen atoms in total. The zero-order valence-electron chi connectivity index (χ0n) is 19.6. The molecule has 1 aromatic heterocycles. The van der Waals surface area contributed by atoms with Gasteiger partial charge in [0.05, 0.1) is 43.6 Å². The Morgan fingerprint density at radius 1 is 0.500 bits per heavy atom. The van der Waals surface area contributed by atoms with Gasteiger partial charge in [-0.3, -0.25) is 22.8 Å². The summed E-state index contributed by atoms with van der Waals surface area (Å²) >= 11 is 0. The lowest BCUT2D eigenvalue weighted by atomic mass is 10.1. The molecule has 0 aliphatic carbocycles. The first-order valence-electron chi connectivity index (χ1n) is 10.4. The molecule has 1 aliphatic heterocycles. The van der Waals surface area contributed by atoms with Crippen LogP contribution in [-0.2, 0) is 50.6 Å². The number of nitrogens with zero attached hydrogens (tertiary/aromatic N) is 2. The van der Waals surface area contributed by atoms with Gasteiger partial charge in [0.2, 0.25) is 0 Å². The van der Waals surface area contributed by atoms with Gasteiger partial charge in [-0.1, -0.05) is 0 Å². The summed E-state index contributed by atoms with van der Waals surface area (Å²) in [6.45, 7) is 0. The van der Waals surface area contributed by atoms with Crippen LogP contribution in [0.2, 0.25) is 0 Å². The molecular formula is C18H12N4O15S5. The van der Waals surface area contributed by atoms with Crippen molar-refractivity contribution in [2.24, 2.45) is 0 Å². The van der Waals surface area contributed by atoms with Crippen molar-refractivity contribution in [1.82, 2.24) is 9.97 Å². The summed E-state index contributed by atoms with van der Waals surface area (Å²) in [6.07, 6.45) is 0. The molecule has 224 valence electrons. The second-order valence-electron chi connectivity index (χ2n) is 8.45. The summed E-state index contributed by atoms with van der Waals surface area (Å²) in [7, 11) is -26.4. The molecule has 4 aromatic rings. The first kappa shape index (κ1) is 29.9. The number of rotatable bonds is 5. The van der Waals surface area contributed by atoms with E-state index in [9.17, 15) is 64.9 Å². The molecule has 0 amide bonds. The van der Waals surface area contributed by atoms with Gasteiger partial charge in [-0.2, -0.15) is 42.1 Å². The largest absolute Gasteiger partial charge is 0.351 e. The topological polar surface area (TPSA) is 322 Å². The van der Waals surface area contributed by atoms with E-state index in [4.69, 9.17) is 0 Å². The molecule has 1 aliphatic rings. The Bertz CT molecular complexity index is 2480. The fourth-order valence-electron chi connectivity index (χ4n) is 4.15. The molecule has 0 bridgehead atoms. The van der Waals surface area contributed by atoms with Crippen LogP contribution < -0.4 is 10.6 Å². The molecule has 0 unspecified atom stereocenters. The van der Waals surface area contributed by atoms with Crippen LogP contribution >= 0.6 is 0 Å². The van der Waals surface area contributed by atoms with E-state index in [1.54, 1.807) is 0 Å². The molecule has 0 spiro atoms. The lowest BCUT2D eigenvalue weighted by Crippen LogP contribution is -2.19. The zero-order chi connectivity index (χ0) is 31.4. The van der Waals surface area contributed by atoms with Gasteiger partial charge in [-0.05, 0) is 30.3 Å². The van der Waals surface area contributed by atoms with Crippen LogP contribution in [0.25, 0.3) is 22.1 Å². The average molecular weight is 685 g/mol. The molecule has 0 fully saturated rings. The van der Waals surface area contributed by atoms with Gasteiger partial charge in [-0.15, -0.1) is 0 Å². The number of nitrogens with one attached hydrogen (secondary N) is 2. The molecule has 7 N–H and O–H groups in total. The van der Waals surface area contributed by atoms with Crippen LogP contribution in [0.5, 0.6) is 0 Å². The predicted octanol–water partition coefficient (Wildman–Crippen LogP) is 0.817. The Kier molecular flexibility index (Phi) is 6.37. The van der Waals surface area contributed by atoms with E-state index in [-0.39, 0.29) is 11.6 Å². The van der Waals surface area contributed by atoms with Gasteiger partial charge in [-0.25, -0.2) is 9.97 Å². The highest BCUT2D eigenvalue weighted by atomic mass is 32.2. The summed E-state index contributed by atoms with van der Waals surface area (Å²) in [5.41, 5.74) is -6.18.